The van der Waals surface area contributed by atoms with Crippen molar-refractivity contribution in [3.8, 4) is 0 Å². The molecule has 0 aliphatic carbocycles. The Morgan fingerprint density at radius 2 is 2.14 bits per heavy atom. The van der Waals surface area contributed by atoms with Crippen LogP contribution in [0.4, 0.5) is 0 Å². The predicted molar refractivity (Wildman–Crippen MR) is 80.5 cm³/mol. The summed E-state index contributed by atoms with van der Waals surface area (Å²) in [5.41, 5.74) is 1.78. The molecule has 1 aliphatic rings. The molecule has 2 heterocycles. The highest BCUT2D eigenvalue weighted by atomic mass is 16.3. The molecule has 2 aromatic rings. The fourth-order valence-corrected chi connectivity index (χ4v) is 2.40. The SMILES string of the molecule is Cc1c(/C=C/C(=O)N2CCC=CC2=O)oc2ccccc12. The number of carbonyl (C=O) groups is 2. The van der Waals surface area contributed by atoms with Gasteiger partial charge in [0.25, 0.3) is 11.8 Å². The number of hydrogen-bond donors (Lipinski definition) is 0. The second-order valence-electron chi connectivity index (χ2n) is 4.94. The molecular formula is C17H15NO3. The Morgan fingerprint density at radius 1 is 1.33 bits per heavy atom. The van der Waals surface area contributed by atoms with E-state index in [0.29, 0.717) is 18.7 Å². The smallest absolute Gasteiger partial charge is 0.253 e. The van der Waals surface area contributed by atoms with Crippen LogP contribution in [0.1, 0.15) is 17.7 Å². The van der Waals surface area contributed by atoms with Gasteiger partial charge in [0.05, 0.1) is 0 Å². The fourth-order valence-electron chi connectivity index (χ4n) is 2.40. The van der Waals surface area contributed by atoms with E-state index in [-0.39, 0.29) is 11.8 Å². The highest BCUT2D eigenvalue weighted by Gasteiger charge is 2.19. The van der Waals surface area contributed by atoms with Gasteiger partial charge in [-0.1, -0.05) is 24.3 Å². The van der Waals surface area contributed by atoms with E-state index in [1.54, 1.807) is 12.2 Å². The molecule has 0 saturated carbocycles. The molecule has 1 aromatic carbocycles. The number of carbonyl (C=O) groups excluding carboxylic acids is 2. The first-order valence-electron chi connectivity index (χ1n) is 6.85. The average molecular weight is 281 g/mol. The number of para-hydroxylation sites is 1. The highest BCUT2D eigenvalue weighted by molar-refractivity contribution is 6.07. The number of hydrogen-bond acceptors (Lipinski definition) is 3. The van der Waals surface area contributed by atoms with Crippen LogP contribution in [-0.4, -0.2) is 23.3 Å². The van der Waals surface area contributed by atoms with Crippen LogP contribution in [0.3, 0.4) is 0 Å². The molecule has 4 heteroatoms. The monoisotopic (exact) mass is 281 g/mol. The van der Waals surface area contributed by atoms with Gasteiger partial charge in [0, 0.05) is 23.6 Å². The van der Waals surface area contributed by atoms with E-state index in [4.69, 9.17) is 4.42 Å². The van der Waals surface area contributed by atoms with Gasteiger partial charge in [-0.05, 0) is 31.6 Å². The zero-order valence-electron chi connectivity index (χ0n) is 11.7. The predicted octanol–water partition coefficient (Wildman–Crippen LogP) is 3.07. The Morgan fingerprint density at radius 3 is 2.90 bits per heavy atom. The molecule has 4 nitrogen and oxygen atoms in total. The standard InChI is InChI=1S/C17H15NO3/c1-12-13-6-2-3-7-15(13)21-14(12)9-10-17(20)18-11-5-4-8-16(18)19/h2-4,6-10H,5,11H2,1H3/b10-9+. The molecule has 0 unspecified atom stereocenters. The Labute approximate surface area is 122 Å². The summed E-state index contributed by atoms with van der Waals surface area (Å²) in [7, 11) is 0. The van der Waals surface area contributed by atoms with Crippen LogP contribution in [0.25, 0.3) is 17.0 Å². The highest BCUT2D eigenvalue weighted by Crippen LogP contribution is 2.25. The van der Waals surface area contributed by atoms with Crippen molar-refractivity contribution in [1.29, 1.82) is 0 Å². The average Bonchev–Trinajstić information content (AvgIpc) is 2.82. The van der Waals surface area contributed by atoms with Crippen LogP contribution in [-0.2, 0) is 9.59 Å². The summed E-state index contributed by atoms with van der Waals surface area (Å²) in [6.07, 6.45) is 6.93. The van der Waals surface area contributed by atoms with Crippen LogP contribution in [0, 0.1) is 6.92 Å². The van der Waals surface area contributed by atoms with Gasteiger partial charge in [0.1, 0.15) is 11.3 Å². The second-order valence-corrected chi connectivity index (χ2v) is 4.94. The third kappa shape index (κ3) is 2.52. The van der Waals surface area contributed by atoms with Crippen LogP contribution >= 0.6 is 0 Å². The maximum atomic E-state index is 12.1. The van der Waals surface area contributed by atoms with Crippen molar-refractivity contribution in [2.75, 3.05) is 6.54 Å². The molecule has 0 spiro atoms. The topological polar surface area (TPSA) is 50.5 Å². The molecular weight excluding hydrogens is 266 g/mol. The molecule has 21 heavy (non-hydrogen) atoms. The molecule has 0 atom stereocenters. The molecule has 0 radical (unpaired) electrons. The molecule has 0 saturated heterocycles. The van der Waals surface area contributed by atoms with Gasteiger partial charge in [0.2, 0.25) is 0 Å². The van der Waals surface area contributed by atoms with Crippen molar-refractivity contribution in [3.63, 3.8) is 0 Å². The van der Waals surface area contributed by atoms with Crippen LogP contribution in [0.15, 0.2) is 46.9 Å². The number of aryl methyl sites for hydroxylation is 1. The van der Waals surface area contributed by atoms with E-state index in [1.165, 1.54) is 17.1 Å². The largest absolute Gasteiger partial charge is 0.456 e. The van der Waals surface area contributed by atoms with Crippen molar-refractivity contribution < 1.29 is 14.0 Å². The van der Waals surface area contributed by atoms with E-state index < -0.39 is 0 Å². The maximum absolute atomic E-state index is 12.1. The zero-order chi connectivity index (χ0) is 14.8. The number of imide groups is 1. The lowest BCUT2D eigenvalue weighted by atomic mass is 10.1. The minimum atomic E-state index is -0.316. The van der Waals surface area contributed by atoms with E-state index in [1.807, 2.05) is 31.2 Å². The number of fused-ring (bicyclic) bond motifs is 1. The Balaban J connectivity index is 1.84. The number of nitrogens with zero attached hydrogens (tertiary/aromatic N) is 1. The van der Waals surface area contributed by atoms with Gasteiger partial charge >= 0.3 is 0 Å². The first kappa shape index (κ1) is 13.4. The van der Waals surface area contributed by atoms with Gasteiger partial charge in [-0.2, -0.15) is 0 Å². The lowest BCUT2D eigenvalue weighted by Gasteiger charge is -2.19. The quantitative estimate of drug-likeness (QED) is 0.795. The Kier molecular flexibility index (Phi) is 3.44. The lowest BCUT2D eigenvalue weighted by molar-refractivity contribution is -0.139. The molecule has 1 aliphatic heterocycles. The number of furan rings is 1. The van der Waals surface area contributed by atoms with Crippen molar-refractivity contribution in [2.45, 2.75) is 13.3 Å². The van der Waals surface area contributed by atoms with Gasteiger partial charge in [0.15, 0.2) is 0 Å². The van der Waals surface area contributed by atoms with Crippen molar-refractivity contribution >= 4 is 28.9 Å². The summed E-state index contributed by atoms with van der Waals surface area (Å²) in [6, 6.07) is 7.72. The maximum Gasteiger partial charge on any atom is 0.253 e. The zero-order valence-corrected chi connectivity index (χ0v) is 11.7. The fraction of sp³-hybridized carbons (Fsp3) is 0.176. The molecule has 2 amide bonds. The van der Waals surface area contributed by atoms with E-state index in [2.05, 4.69) is 0 Å². The first-order chi connectivity index (χ1) is 10.2. The summed E-state index contributed by atoms with van der Waals surface area (Å²) < 4.78 is 5.71. The van der Waals surface area contributed by atoms with Gasteiger partial charge in [-0.3, -0.25) is 14.5 Å². The molecule has 106 valence electrons. The van der Waals surface area contributed by atoms with Gasteiger partial charge < -0.3 is 4.42 Å². The van der Waals surface area contributed by atoms with E-state index in [9.17, 15) is 9.59 Å². The second kappa shape index (κ2) is 5.40. The van der Waals surface area contributed by atoms with Crippen LogP contribution in [0.5, 0.6) is 0 Å². The molecule has 0 N–H and O–H groups in total. The first-order valence-corrected chi connectivity index (χ1v) is 6.85. The van der Waals surface area contributed by atoms with Gasteiger partial charge in [-0.25, -0.2) is 0 Å². The lowest BCUT2D eigenvalue weighted by Crippen LogP contribution is -2.37. The molecule has 3 rings (SSSR count). The normalized spacial score (nSPS) is 15.3. The van der Waals surface area contributed by atoms with E-state index in [0.717, 1.165) is 16.5 Å². The number of amides is 2. The molecule has 0 fully saturated rings. The summed E-state index contributed by atoms with van der Waals surface area (Å²) in [5.74, 6) is 0.0611. The summed E-state index contributed by atoms with van der Waals surface area (Å²) in [4.78, 5) is 24.9. The van der Waals surface area contributed by atoms with Crippen LogP contribution in [0.2, 0.25) is 0 Å². The number of rotatable bonds is 2. The minimum absolute atomic E-state index is 0.266. The third-order valence-corrected chi connectivity index (χ3v) is 3.57. The van der Waals surface area contributed by atoms with Crippen molar-refractivity contribution in [1.82, 2.24) is 4.90 Å². The number of benzene rings is 1. The van der Waals surface area contributed by atoms with Crippen LogP contribution < -0.4 is 0 Å². The molecule has 1 aromatic heterocycles. The Hall–Kier alpha value is -2.62. The van der Waals surface area contributed by atoms with Crippen molar-refractivity contribution in [2.24, 2.45) is 0 Å². The third-order valence-electron chi connectivity index (χ3n) is 3.57. The minimum Gasteiger partial charge on any atom is -0.456 e. The van der Waals surface area contributed by atoms with E-state index >= 15 is 0 Å². The summed E-state index contributed by atoms with van der Waals surface area (Å²) in [5, 5.41) is 1.03. The van der Waals surface area contributed by atoms with Crippen molar-refractivity contribution in [3.05, 3.63) is 53.8 Å². The van der Waals surface area contributed by atoms with Gasteiger partial charge in [-0.15, -0.1) is 0 Å². The Bertz CT molecular complexity index is 767. The molecule has 0 bridgehead atoms. The summed E-state index contributed by atoms with van der Waals surface area (Å²) >= 11 is 0. The summed E-state index contributed by atoms with van der Waals surface area (Å²) in [6.45, 7) is 2.38.